The van der Waals surface area contributed by atoms with Crippen LogP contribution in [0.5, 0.6) is 0 Å². The highest BCUT2D eigenvalue weighted by molar-refractivity contribution is 6.00. The van der Waals surface area contributed by atoms with Crippen molar-refractivity contribution in [3.05, 3.63) is 52.8 Å². The average molecular weight is 372 g/mol. The maximum Gasteiger partial charge on any atom is 0.355 e. The van der Waals surface area contributed by atoms with Crippen LogP contribution in [-0.4, -0.2) is 43.1 Å². The first-order valence-electron chi connectivity index (χ1n) is 8.76. The van der Waals surface area contributed by atoms with Gasteiger partial charge in [-0.25, -0.2) is 9.59 Å². The van der Waals surface area contributed by atoms with Gasteiger partial charge < -0.3 is 19.4 Å². The number of carbonyl (C=O) groups excluding carboxylic acids is 3. The van der Waals surface area contributed by atoms with E-state index in [4.69, 9.17) is 9.47 Å². The van der Waals surface area contributed by atoms with E-state index < -0.39 is 18.5 Å². The highest BCUT2D eigenvalue weighted by Gasteiger charge is 2.25. The molecule has 0 fully saturated rings. The van der Waals surface area contributed by atoms with Gasteiger partial charge in [-0.05, 0) is 38.0 Å². The van der Waals surface area contributed by atoms with Gasteiger partial charge in [0.2, 0.25) is 0 Å². The van der Waals surface area contributed by atoms with E-state index in [-0.39, 0.29) is 11.6 Å². The molecule has 2 rings (SSSR count). The van der Waals surface area contributed by atoms with Crippen molar-refractivity contribution in [3.8, 4) is 0 Å². The number of H-pyrrole nitrogens is 1. The lowest BCUT2D eigenvalue weighted by Crippen LogP contribution is -2.34. The van der Waals surface area contributed by atoms with Gasteiger partial charge in [-0.2, -0.15) is 0 Å². The molecule has 2 aromatic rings. The van der Waals surface area contributed by atoms with Crippen molar-refractivity contribution in [2.45, 2.75) is 27.2 Å². The highest BCUT2D eigenvalue weighted by atomic mass is 16.5. The number of benzene rings is 1. The summed E-state index contributed by atoms with van der Waals surface area (Å²) >= 11 is 0. The molecule has 0 radical (unpaired) electrons. The number of methoxy groups -OCH3 is 1. The molecular formula is C20H24N2O5. The van der Waals surface area contributed by atoms with E-state index in [1.807, 2.05) is 44.2 Å². The number of ether oxygens (including phenoxy) is 2. The van der Waals surface area contributed by atoms with Gasteiger partial charge in [-0.3, -0.25) is 4.79 Å². The van der Waals surface area contributed by atoms with Crippen molar-refractivity contribution in [1.29, 1.82) is 0 Å². The van der Waals surface area contributed by atoms with E-state index in [1.54, 1.807) is 6.92 Å². The number of esters is 2. The van der Waals surface area contributed by atoms with Crippen LogP contribution in [0, 0.1) is 6.92 Å². The molecule has 1 aromatic heterocycles. The van der Waals surface area contributed by atoms with E-state index >= 15 is 0 Å². The monoisotopic (exact) mass is 372 g/mol. The number of rotatable bonds is 7. The number of aromatic nitrogens is 1. The van der Waals surface area contributed by atoms with Gasteiger partial charge in [0.15, 0.2) is 6.61 Å². The number of nitrogens with one attached hydrogen (secondary N) is 1. The Morgan fingerprint density at radius 2 is 1.74 bits per heavy atom. The molecule has 144 valence electrons. The third-order valence-electron chi connectivity index (χ3n) is 4.29. The fourth-order valence-corrected chi connectivity index (χ4v) is 2.89. The Bertz CT molecular complexity index is 826. The third-order valence-corrected chi connectivity index (χ3v) is 4.29. The summed E-state index contributed by atoms with van der Waals surface area (Å²) < 4.78 is 9.96. The summed E-state index contributed by atoms with van der Waals surface area (Å²) in [4.78, 5) is 41.3. The molecule has 1 aromatic carbocycles. The van der Waals surface area contributed by atoms with Gasteiger partial charge in [0, 0.05) is 17.9 Å². The number of likely N-dealkylation sites (N-methyl/N-ethyl adjacent to an activating group) is 1. The van der Waals surface area contributed by atoms with Gasteiger partial charge >= 0.3 is 11.9 Å². The molecule has 0 aliphatic heterocycles. The fourth-order valence-electron chi connectivity index (χ4n) is 2.89. The minimum Gasteiger partial charge on any atom is -0.465 e. The first-order valence-corrected chi connectivity index (χ1v) is 8.76. The zero-order chi connectivity index (χ0) is 20.0. The summed E-state index contributed by atoms with van der Waals surface area (Å²) in [7, 11) is 1.29. The second-order valence-corrected chi connectivity index (χ2v) is 5.87. The number of hydrogen-bond donors (Lipinski definition) is 1. The van der Waals surface area contributed by atoms with E-state index in [2.05, 4.69) is 4.98 Å². The molecule has 0 unspecified atom stereocenters. The molecule has 1 heterocycles. The standard InChI is InChI=1S/C20H24N2O5/c1-5-15-17(19(24)26-4)13(3)18(21-15)20(25)27-12-16(23)22(6-2)14-10-8-7-9-11-14/h7-11,21H,5-6,12H2,1-4H3. The van der Waals surface area contributed by atoms with Crippen LogP contribution in [0.4, 0.5) is 5.69 Å². The van der Waals surface area contributed by atoms with Crippen molar-refractivity contribution >= 4 is 23.5 Å². The van der Waals surface area contributed by atoms with Crippen molar-refractivity contribution in [1.82, 2.24) is 4.98 Å². The van der Waals surface area contributed by atoms with Crippen LogP contribution in [0.15, 0.2) is 30.3 Å². The first kappa shape index (κ1) is 20.2. The van der Waals surface area contributed by atoms with Crippen LogP contribution in [0.25, 0.3) is 0 Å². The average Bonchev–Trinajstić information content (AvgIpc) is 3.03. The molecule has 1 amide bonds. The summed E-state index contributed by atoms with van der Waals surface area (Å²) in [5, 5.41) is 0. The Balaban J connectivity index is 2.12. The molecule has 0 atom stereocenters. The van der Waals surface area contributed by atoms with E-state index in [9.17, 15) is 14.4 Å². The molecule has 0 saturated heterocycles. The summed E-state index contributed by atoms with van der Waals surface area (Å²) in [6.07, 6.45) is 0.523. The Kier molecular flexibility index (Phi) is 6.76. The number of hydrogen-bond acceptors (Lipinski definition) is 5. The van der Waals surface area contributed by atoms with Crippen molar-refractivity contribution in [2.24, 2.45) is 0 Å². The Morgan fingerprint density at radius 3 is 2.30 bits per heavy atom. The maximum atomic E-state index is 12.4. The second kappa shape index (κ2) is 9.02. The fraction of sp³-hybridized carbons (Fsp3) is 0.350. The van der Waals surface area contributed by atoms with E-state index in [1.165, 1.54) is 12.0 Å². The van der Waals surface area contributed by atoms with Crippen LogP contribution in [0.2, 0.25) is 0 Å². The summed E-state index contributed by atoms with van der Waals surface area (Å²) in [5.41, 5.74) is 2.27. The molecule has 27 heavy (non-hydrogen) atoms. The lowest BCUT2D eigenvalue weighted by atomic mass is 10.1. The second-order valence-electron chi connectivity index (χ2n) is 5.87. The molecule has 7 nitrogen and oxygen atoms in total. The van der Waals surface area contributed by atoms with E-state index in [0.717, 1.165) is 5.69 Å². The molecule has 1 N–H and O–H groups in total. The van der Waals surface area contributed by atoms with Crippen LogP contribution < -0.4 is 4.90 Å². The van der Waals surface area contributed by atoms with Gasteiger partial charge in [0.05, 0.1) is 12.7 Å². The molecular weight excluding hydrogens is 348 g/mol. The molecule has 0 aliphatic carbocycles. The number of para-hydroxylation sites is 1. The minimum absolute atomic E-state index is 0.155. The van der Waals surface area contributed by atoms with Crippen molar-refractivity contribution < 1.29 is 23.9 Å². The van der Waals surface area contributed by atoms with Crippen molar-refractivity contribution in [3.63, 3.8) is 0 Å². The topological polar surface area (TPSA) is 88.7 Å². The molecule has 0 spiro atoms. The van der Waals surface area contributed by atoms with Crippen LogP contribution in [0.3, 0.4) is 0 Å². The Hall–Kier alpha value is -3.09. The lowest BCUT2D eigenvalue weighted by Gasteiger charge is -2.20. The number of amides is 1. The maximum absolute atomic E-state index is 12.4. The largest absolute Gasteiger partial charge is 0.465 e. The SMILES string of the molecule is CCc1[nH]c(C(=O)OCC(=O)N(CC)c2ccccc2)c(C)c1C(=O)OC. The first-order chi connectivity index (χ1) is 12.9. The van der Waals surface area contributed by atoms with Crippen LogP contribution in [-0.2, 0) is 20.7 Å². The predicted octanol–water partition coefficient (Wildman–Crippen LogP) is 2.88. The molecule has 0 saturated carbocycles. The van der Waals surface area contributed by atoms with Crippen LogP contribution >= 0.6 is 0 Å². The highest BCUT2D eigenvalue weighted by Crippen LogP contribution is 2.21. The summed E-state index contributed by atoms with van der Waals surface area (Å²) in [6.45, 7) is 5.40. The number of anilines is 1. The predicted molar refractivity (Wildman–Crippen MR) is 101 cm³/mol. The van der Waals surface area contributed by atoms with E-state index in [0.29, 0.717) is 29.8 Å². The molecule has 0 aliphatic rings. The normalized spacial score (nSPS) is 10.4. The Morgan fingerprint density at radius 1 is 1.07 bits per heavy atom. The number of aromatic amines is 1. The quantitative estimate of drug-likeness (QED) is 0.755. The minimum atomic E-state index is -0.685. The Labute approximate surface area is 158 Å². The molecule has 7 heteroatoms. The zero-order valence-corrected chi connectivity index (χ0v) is 16.0. The number of aryl methyl sites for hydroxylation is 1. The summed E-state index contributed by atoms with van der Waals surface area (Å²) in [5.74, 6) is -1.53. The van der Waals surface area contributed by atoms with Gasteiger partial charge in [-0.1, -0.05) is 25.1 Å². The zero-order valence-electron chi connectivity index (χ0n) is 16.0. The van der Waals surface area contributed by atoms with Crippen molar-refractivity contribution in [2.75, 3.05) is 25.2 Å². The number of carbonyl (C=O) groups is 3. The summed E-state index contributed by atoms with van der Waals surface area (Å²) in [6, 6.07) is 9.16. The van der Waals surface area contributed by atoms with Gasteiger partial charge in [-0.15, -0.1) is 0 Å². The van der Waals surface area contributed by atoms with Crippen LogP contribution in [0.1, 0.15) is 46.0 Å². The van der Waals surface area contributed by atoms with Gasteiger partial charge in [0.25, 0.3) is 5.91 Å². The molecule has 0 bridgehead atoms. The smallest absolute Gasteiger partial charge is 0.355 e. The lowest BCUT2D eigenvalue weighted by molar-refractivity contribution is -0.121. The number of nitrogens with zero attached hydrogens (tertiary/aromatic N) is 1. The van der Waals surface area contributed by atoms with Gasteiger partial charge in [0.1, 0.15) is 5.69 Å². The third kappa shape index (κ3) is 4.36.